The monoisotopic (exact) mass is 408 g/mol. The maximum absolute atomic E-state index is 12.0. The summed E-state index contributed by atoms with van der Waals surface area (Å²) in [7, 11) is 1.51. The molecule has 0 bridgehead atoms. The normalized spacial score (nSPS) is 10.1. The van der Waals surface area contributed by atoms with E-state index in [1.54, 1.807) is 12.1 Å². The number of carbonyl (C=O) groups is 1. The molecule has 0 aliphatic carbocycles. The van der Waals surface area contributed by atoms with Crippen molar-refractivity contribution in [1.29, 1.82) is 0 Å². The van der Waals surface area contributed by atoms with Gasteiger partial charge in [-0.1, -0.05) is 24.3 Å². The van der Waals surface area contributed by atoms with Crippen LogP contribution in [0.4, 0.5) is 0 Å². The van der Waals surface area contributed by atoms with E-state index in [4.69, 9.17) is 15.2 Å². The number of methoxy groups -OCH3 is 1. The molecule has 0 atom stereocenters. The molecule has 0 aromatic heterocycles. The van der Waals surface area contributed by atoms with Crippen LogP contribution in [0, 0.1) is 6.92 Å². The van der Waals surface area contributed by atoms with E-state index in [0.29, 0.717) is 28.1 Å². The smallest absolute Gasteiger partial charge is 0.257 e. The molecule has 0 saturated carbocycles. The Morgan fingerprint density at radius 3 is 2.67 bits per heavy atom. The lowest BCUT2D eigenvalue weighted by molar-refractivity contribution is 0.0977. The van der Waals surface area contributed by atoms with Gasteiger partial charge in [0.1, 0.15) is 6.61 Å². The highest BCUT2D eigenvalue weighted by molar-refractivity contribution is 9.10. The number of amides is 1. The summed E-state index contributed by atoms with van der Waals surface area (Å²) in [4.78, 5) is 12.0. The number of aryl methyl sites for hydroxylation is 1. The van der Waals surface area contributed by atoms with Crippen molar-refractivity contribution in [3.8, 4) is 11.5 Å². The highest BCUT2D eigenvalue weighted by Crippen LogP contribution is 2.37. The van der Waals surface area contributed by atoms with Crippen LogP contribution in [0.3, 0.4) is 0 Å². The van der Waals surface area contributed by atoms with Gasteiger partial charge < -0.3 is 15.2 Å². The van der Waals surface area contributed by atoms with E-state index >= 15 is 0 Å². The van der Waals surface area contributed by atoms with E-state index in [9.17, 15) is 4.79 Å². The first-order valence-corrected chi connectivity index (χ1v) is 8.28. The fourth-order valence-electron chi connectivity index (χ4n) is 2.10. The molecular formula is C17H17BrN2O3S. The summed E-state index contributed by atoms with van der Waals surface area (Å²) >= 11 is 8.09. The first-order valence-electron chi connectivity index (χ1n) is 7.08. The van der Waals surface area contributed by atoms with Crippen LogP contribution in [0.2, 0.25) is 0 Å². The Morgan fingerprint density at radius 1 is 1.33 bits per heavy atom. The maximum atomic E-state index is 12.0. The lowest BCUT2D eigenvalue weighted by atomic mass is 10.1. The van der Waals surface area contributed by atoms with E-state index in [-0.39, 0.29) is 5.11 Å². The molecule has 3 N–H and O–H groups in total. The Balaban J connectivity index is 2.25. The third kappa shape index (κ3) is 4.46. The summed E-state index contributed by atoms with van der Waals surface area (Å²) in [5.74, 6) is 0.547. The van der Waals surface area contributed by atoms with E-state index < -0.39 is 5.91 Å². The summed E-state index contributed by atoms with van der Waals surface area (Å²) in [5, 5.41) is 2.29. The van der Waals surface area contributed by atoms with Gasteiger partial charge in [0.25, 0.3) is 5.91 Å². The van der Waals surface area contributed by atoms with Crippen molar-refractivity contribution in [3.63, 3.8) is 0 Å². The minimum atomic E-state index is -0.410. The number of nitrogens with two attached hydrogens (primary N) is 1. The predicted octanol–water partition coefficient (Wildman–Crippen LogP) is 3.32. The second kappa shape index (κ2) is 8.12. The number of rotatable bonds is 5. The number of benzene rings is 2. The van der Waals surface area contributed by atoms with Crippen LogP contribution in [0.5, 0.6) is 11.5 Å². The van der Waals surface area contributed by atoms with Crippen LogP contribution in [-0.2, 0) is 6.61 Å². The van der Waals surface area contributed by atoms with Crippen LogP contribution < -0.4 is 20.5 Å². The quantitative estimate of drug-likeness (QED) is 0.742. The van der Waals surface area contributed by atoms with E-state index in [1.807, 2.05) is 31.2 Å². The average molecular weight is 409 g/mol. The number of hydrogen-bond donors (Lipinski definition) is 2. The molecule has 5 nitrogen and oxygen atoms in total. The number of hydrogen-bond acceptors (Lipinski definition) is 4. The summed E-state index contributed by atoms with van der Waals surface area (Å²) in [6, 6.07) is 11.2. The van der Waals surface area contributed by atoms with Gasteiger partial charge >= 0.3 is 0 Å². The molecule has 0 aliphatic rings. The fraction of sp³-hybridized carbons (Fsp3) is 0.176. The SMILES string of the molecule is COc1cc(C(=O)NC(N)=S)cc(Br)c1OCc1ccccc1C. The van der Waals surface area contributed by atoms with Gasteiger partial charge in [-0.3, -0.25) is 10.1 Å². The summed E-state index contributed by atoms with van der Waals surface area (Å²) < 4.78 is 11.8. The Morgan fingerprint density at radius 2 is 2.04 bits per heavy atom. The number of thiocarbonyl (C=S) groups is 1. The molecule has 2 aromatic rings. The molecule has 0 aliphatic heterocycles. The number of nitrogens with one attached hydrogen (secondary N) is 1. The number of ether oxygens (including phenoxy) is 2. The van der Waals surface area contributed by atoms with Gasteiger partial charge in [-0.25, -0.2) is 0 Å². The molecule has 0 spiro atoms. The number of carbonyl (C=O) groups excluding carboxylic acids is 1. The van der Waals surface area contributed by atoms with Gasteiger partial charge in [0.15, 0.2) is 16.6 Å². The van der Waals surface area contributed by atoms with Gasteiger partial charge in [0.2, 0.25) is 0 Å². The lowest BCUT2D eigenvalue weighted by Gasteiger charge is -2.15. The van der Waals surface area contributed by atoms with Gasteiger partial charge in [-0.2, -0.15) is 0 Å². The maximum Gasteiger partial charge on any atom is 0.257 e. The Hall–Kier alpha value is -2.12. The van der Waals surface area contributed by atoms with Crippen molar-refractivity contribution in [1.82, 2.24) is 5.32 Å². The van der Waals surface area contributed by atoms with E-state index in [0.717, 1.165) is 11.1 Å². The molecule has 24 heavy (non-hydrogen) atoms. The highest BCUT2D eigenvalue weighted by Gasteiger charge is 2.16. The third-order valence-electron chi connectivity index (χ3n) is 3.36. The number of halogens is 1. The topological polar surface area (TPSA) is 73.6 Å². The Bertz CT molecular complexity index is 780. The van der Waals surface area contributed by atoms with Crippen LogP contribution in [0.25, 0.3) is 0 Å². The predicted molar refractivity (Wildman–Crippen MR) is 100 cm³/mol. The molecule has 0 saturated heterocycles. The molecule has 2 rings (SSSR count). The minimum Gasteiger partial charge on any atom is -0.493 e. The molecule has 1 amide bonds. The molecule has 2 aromatic carbocycles. The van der Waals surface area contributed by atoms with Crippen LogP contribution in [0.1, 0.15) is 21.5 Å². The van der Waals surface area contributed by atoms with Gasteiger partial charge in [0, 0.05) is 5.56 Å². The average Bonchev–Trinajstić information content (AvgIpc) is 2.53. The second-order valence-corrected chi connectivity index (χ2v) is 6.32. The van der Waals surface area contributed by atoms with Crippen LogP contribution >= 0.6 is 28.1 Å². The molecular weight excluding hydrogens is 392 g/mol. The van der Waals surface area contributed by atoms with Crippen molar-refractivity contribution in [2.75, 3.05) is 7.11 Å². The van der Waals surface area contributed by atoms with Crippen LogP contribution in [-0.4, -0.2) is 18.1 Å². The van der Waals surface area contributed by atoms with Crippen molar-refractivity contribution >= 4 is 39.2 Å². The lowest BCUT2D eigenvalue weighted by Crippen LogP contribution is -2.34. The highest BCUT2D eigenvalue weighted by atomic mass is 79.9. The molecule has 0 unspecified atom stereocenters. The second-order valence-electron chi connectivity index (χ2n) is 5.02. The minimum absolute atomic E-state index is 0.0880. The zero-order chi connectivity index (χ0) is 17.7. The molecule has 0 heterocycles. The Labute approximate surface area is 154 Å². The van der Waals surface area contributed by atoms with Crippen molar-refractivity contribution in [2.24, 2.45) is 5.73 Å². The van der Waals surface area contributed by atoms with Crippen molar-refractivity contribution < 1.29 is 14.3 Å². The van der Waals surface area contributed by atoms with Crippen LogP contribution in [0.15, 0.2) is 40.9 Å². The summed E-state index contributed by atoms with van der Waals surface area (Å²) in [5.41, 5.74) is 7.89. The third-order valence-corrected chi connectivity index (χ3v) is 4.05. The molecule has 126 valence electrons. The standard InChI is InChI=1S/C17H17BrN2O3S/c1-10-5-3-4-6-11(10)9-23-15-13(18)7-12(8-14(15)22-2)16(21)20-17(19)24/h3-8H,9H2,1-2H3,(H3,19,20,21,24). The van der Waals surface area contributed by atoms with Gasteiger partial charge in [-0.05, 0) is 58.3 Å². The van der Waals surface area contributed by atoms with Gasteiger partial charge in [0.05, 0.1) is 11.6 Å². The molecule has 0 fully saturated rings. The van der Waals surface area contributed by atoms with Gasteiger partial charge in [-0.15, -0.1) is 0 Å². The molecule has 7 heteroatoms. The molecule has 0 radical (unpaired) electrons. The largest absolute Gasteiger partial charge is 0.493 e. The fourth-order valence-corrected chi connectivity index (χ4v) is 2.75. The van der Waals surface area contributed by atoms with Crippen molar-refractivity contribution in [2.45, 2.75) is 13.5 Å². The first-order chi connectivity index (χ1) is 11.4. The van der Waals surface area contributed by atoms with E-state index in [2.05, 4.69) is 33.5 Å². The van der Waals surface area contributed by atoms with Crippen molar-refractivity contribution in [3.05, 3.63) is 57.6 Å². The van der Waals surface area contributed by atoms with E-state index in [1.165, 1.54) is 7.11 Å². The Kier molecular flexibility index (Phi) is 6.16. The zero-order valence-corrected chi connectivity index (χ0v) is 15.7. The zero-order valence-electron chi connectivity index (χ0n) is 13.3. The summed E-state index contributed by atoms with van der Waals surface area (Å²) in [6.45, 7) is 2.41. The first kappa shape index (κ1) is 18.2. The summed E-state index contributed by atoms with van der Waals surface area (Å²) in [6.07, 6.45) is 0.